The predicted octanol–water partition coefficient (Wildman–Crippen LogP) is 5.91. The van der Waals surface area contributed by atoms with Gasteiger partial charge in [0.25, 0.3) is 5.91 Å². The third-order valence-electron chi connectivity index (χ3n) is 8.82. The molecule has 0 unspecified atom stereocenters. The number of hydrogen-bond acceptors (Lipinski definition) is 6. The van der Waals surface area contributed by atoms with Crippen molar-refractivity contribution in [2.24, 2.45) is 4.99 Å². The molecule has 1 fully saturated rings. The standard InChI is InChI=1S/C37H38FN5O3/c1-22-8-12-32(23(2)16-22)42-37(45)33-13-11-28(20-43(33)21-30-31(38)6-5-7-34(30)46-4)41-36(44)26-9-10-27-19-40-35(29(27)18-26)25-14-15-39-24(3)17-25/h5-10,12,14-18,28,33H,11,13,19-21H2,1-4H3,(H,41,44)(H,42,45)/t28-,33+/m1/s1. The Hall–Kier alpha value is -4.89. The molecule has 2 N–H and O–H groups in total. The number of methoxy groups -OCH3 is 1. The van der Waals surface area contributed by atoms with Crippen molar-refractivity contribution in [3.05, 3.63) is 123 Å². The molecule has 236 valence electrons. The van der Waals surface area contributed by atoms with E-state index in [9.17, 15) is 9.59 Å². The van der Waals surface area contributed by atoms with Gasteiger partial charge in [-0.05, 0) is 87.2 Å². The smallest absolute Gasteiger partial charge is 0.251 e. The fourth-order valence-corrected chi connectivity index (χ4v) is 6.42. The number of piperidine rings is 1. The highest BCUT2D eigenvalue weighted by molar-refractivity contribution is 6.16. The Morgan fingerprint density at radius 2 is 1.87 bits per heavy atom. The summed E-state index contributed by atoms with van der Waals surface area (Å²) < 4.78 is 20.6. The Morgan fingerprint density at radius 1 is 1.02 bits per heavy atom. The number of amides is 2. The van der Waals surface area contributed by atoms with E-state index in [4.69, 9.17) is 9.73 Å². The fraction of sp³-hybridized carbons (Fsp3) is 0.297. The second-order valence-corrected chi connectivity index (χ2v) is 12.1. The Labute approximate surface area is 268 Å². The van der Waals surface area contributed by atoms with Crippen LogP contribution in [0.4, 0.5) is 10.1 Å². The predicted molar refractivity (Wildman–Crippen MR) is 177 cm³/mol. The highest BCUT2D eigenvalue weighted by Gasteiger charge is 2.35. The molecule has 0 saturated carbocycles. The molecular weight excluding hydrogens is 581 g/mol. The maximum absolute atomic E-state index is 15.1. The molecular formula is C37H38FN5O3. The van der Waals surface area contributed by atoms with Gasteiger partial charge in [0, 0.05) is 59.0 Å². The first kappa shape index (κ1) is 31.1. The van der Waals surface area contributed by atoms with Gasteiger partial charge in [-0.15, -0.1) is 0 Å². The maximum Gasteiger partial charge on any atom is 0.251 e. The first-order valence-electron chi connectivity index (χ1n) is 15.6. The first-order valence-corrected chi connectivity index (χ1v) is 15.6. The Morgan fingerprint density at radius 3 is 2.65 bits per heavy atom. The van der Waals surface area contributed by atoms with Gasteiger partial charge in [-0.2, -0.15) is 0 Å². The fourth-order valence-electron chi connectivity index (χ4n) is 6.42. The van der Waals surface area contributed by atoms with Crippen LogP contribution >= 0.6 is 0 Å². The van der Waals surface area contributed by atoms with Gasteiger partial charge in [0.05, 0.1) is 25.4 Å². The number of nitrogens with one attached hydrogen (secondary N) is 2. The van der Waals surface area contributed by atoms with Crippen LogP contribution in [0.25, 0.3) is 0 Å². The van der Waals surface area contributed by atoms with Crippen LogP contribution in [-0.2, 0) is 17.9 Å². The summed E-state index contributed by atoms with van der Waals surface area (Å²) in [5.41, 5.74) is 8.48. The number of carbonyl (C=O) groups excluding carboxylic acids is 2. The third kappa shape index (κ3) is 6.55. The lowest BCUT2D eigenvalue weighted by Gasteiger charge is -2.39. The Kier molecular flexibility index (Phi) is 8.94. The van der Waals surface area contributed by atoms with Gasteiger partial charge in [-0.1, -0.05) is 29.8 Å². The van der Waals surface area contributed by atoms with Crippen molar-refractivity contribution in [1.29, 1.82) is 0 Å². The molecule has 8 nitrogen and oxygen atoms in total. The topological polar surface area (TPSA) is 95.9 Å². The summed E-state index contributed by atoms with van der Waals surface area (Å²) >= 11 is 0. The number of aliphatic imine (C=N–C) groups is 1. The summed E-state index contributed by atoms with van der Waals surface area (Å²) in [5, 5.41) is 6.27. The summed E-state index contributed by atoms with van der Waals surface area (Å²) in [5.74, 6) is -0.353. The minimum Gasteiger partial charge on any atom is -0.496 e. The molecule has 0 spiro atoms. The van der Waals surface area contributed by atoms with Gasteiger partial charge in [0.1, 0.15) is 11.6 Å². The Balaban J connectivity index is 1.21. The number of rotatable bonds is 8. The van der Waals surface area contributed by atoms with Gasteiger partial charge in [0.15, 0.2) is 0 Å². The number of carbonyl (C=O) groups is 2. The Bertz CT molecular complexity index is 1840. The third-order valence-corrected chi connectivity index (χ3v) is 8.82. The van der Waals surface area contributed by atoms with Crippen LogP contribution < -0.4 is 15.4 Å². The van der Waals surface area contributed by atoms with Crippen LogP contribution in [0.3, 0.4) is 0 Å². The quantitative estimate of drug-likeness (QED) is 0.256. The first-order chi connectivity index (χ1) is 22.2. The number of ether oxygens (including phenoxy) is 1. The molecule has 1 saturated heterocycles. The number of benzene rings is 3. The summed E-state index contributed by atoms with van der Waals surface area (Å²) in [6.45, 7) is 6.99. The summed E-state index contributed by atoms with van der Waals surface area (Å²) in [6.07, 6.45) is 2.85. The van der Waals surface area contributed by atoms with Crippen molar-refractivity contribution in [2.75, 3.05) is 19.0 Å². The van der Waals surface area contributed by atoms with Crippen molar-refractivity contribution < 1.29 is 18.7 Å². The van der Waals surface area contributed by atoms with Crippen molar-refractivity contribution in [3.63, 3.8) is 0 Å². The van der Waals surface area contributed by atoms with E-state index in [0.29, 0.717) is 42.8 Å². The number of aryl methyl sites for hydroxylation is 3. The van der Waals surface area contributed by atoms with E-state index in [-0.39, 0.29) is 24.4 Å². The van der Waals surface area contributed by atoms with Crippen LogP contribution in [0.2, 0.25) is 0 Å². The lowest BCUT2D eigenvalue weighted by Crippen LogP contribution is -2.55. The van der Waals surface area contributed by atoms with E-state index in [1.807, 2.05) is 74.2 Å². The van der Waals surface area contributed by atoms with E-state index < -0.39 is 11.9 Å². The second-order valence-electron chi connectivity index (χ2n) is 12.1. The number of hydrogen-bond donors (Lipinski definition) is 2. The van der Waals surface area contributed by atoms with Gasteiger partial charge in [0.2, 0.25) is 5.91 Å². The van der Waals surface area contributed by atoms with E-state index >= 15 is 4.39 Å². The number of fused-ring (bicyclic) bond motifs is 1. The van der Waals surface area contributed by atoms with Crippen LogP contribution in [0.15, 0.2) is 77.9 Å². The summed E-state index contributed by atoms with van der Waals surface area (Å²) in [4.78, 5) is 38.3. The number of nitrogens with zero attached hydrogens (tertiary/aromatic N) is 3. The molecule has 3 heterocycles. The molecule has 4 aromatic rings. The average Bonchev–Trinajstić information content (AvgIpc) is 3.47. The monoisotopic (exact) mass is 619 g/mol. The van der Waals surface area contributed by atoms with Gasteiger partial charge >= 0.3 is 0 Å². The van der Waals surface area contributed by atoms with Crippen molar-refractivity contribution >= 4 is 23.2 Å². The summed E-state index contributed by atoms with van der Waals surface area (Å²) in [7, 11) is 1.50. The maximum atomic E-state index is 15.1. The number of anilines is 1. The van der Waals surface area contributed by atoms with Crippen molar-refractivity contribution in [1.82, 2.24) is 15.2 Å². The van der Waals surface area contributed by atoms with Gasteiger partial charge in [-0.3, -0.25) is 24.5 Å². The highest BCUT2D eigenvalue weighted by Crippen LogP contribution is 2.29. The minimum atomic E-state index is -0.527. The molecule has 2 atom stereocenters. The molecule has 9 heteroatoms. The van der Waals surface area contributed by atoms with Crippen LogP contribution in [0.1, 0.15) is 62.3 Å². The molecule has 0 aliphatic carbocycles. The molecule has 2 aliphatic rings. The van der Waals surface area contributed by atoms with Crippen LogP contribution in [-0.4, -0.2) is 53.1 Å². The SMILES string of the molecule is COc1cccc(F)c1CN1C[C@H](NC(=O)c2ccc3c(c2)C(c2ccnc(C)c2)=NC3)CC[C@H]1C(=O)Nc1ccc(C)cc1C. The lowest BCUT2D eigenvalue weighted by atomic mass is 9.95. The zero-order valence-electron chi connectivity index (χ0n) is 26.6. The highest BCUT2D eigenvalue weighted by atomic mass is 19.1. The zero-order chi connectivity index (χ0) is 32.4. The molecule has 6 rings (SSSR count). The van der Waals surface area contributed by atoms with Crippen LogP contribution in [0, 0.1) is 26.6 Å². The van der Waals surface area contributed by atoms with E-state index in [0.717, 1.165) is 44.9 Å². The second kappa shape index (κ2) is 13.2. The van der Waals surface area contributed by atoms with E-state index in [1.165, 1.54) is 13.2 Å². The van der Waals surface area contributed by atoms with Crippen molar-refractivity contribution in [3.8, 4) is 5.75 Å². The molecule has 0 bridgehead atoms. The molecule has 0 radical (unpaired) electrons. The zero-order valence-corrected chi connectivity index (χ0v) is 26.6. The van der Waals surface area contributed by atoms with E-state index in [2.05, 4.69) is 15.6 Å². The largest absolute Gasteiger partial charge is 0.496 e. The molecule has 3 aromatic carbocycles. The van der Waals surface area contributed by atoms with Crippen LogP contribution in [0.5, 0.6) is 5.75 Å². The van der Waals surface area contributed by atoms with E-state index in [1.54, 1.807) is 18.3 Å². The normalized spacial score (nSPS) is 17.6. The van der Waals surface area contributed by atoms with Gasteiger partial charge < -0.3 is 15.4 Å². The number of pyridine rings is 1. The number of aromatic nitrogens is 1. The lowest BCUT2D eigenvalue weighted by molar-refractivity contribution is -0.123. The number of likely N-dealkylation sites (tertiary alicyclic amines) is 1. The van der Waals surface area contributed by atoms with Gasteiger partial charge in [-0.25, -0.2) is 4.39 Å². The van der Waals surface area contributed by atoms with Crippen molar-refractivity contribution in [2.45, 2.75) is 58.8 Å². The minimum absolute atomic E-state index is 0.150. The molecule has 2 amide bonds. The number of halogens is 1. The molecule has 46 heavy (non-hydrogen) atoms. The summed E-state index contributed by atoms with van der Waals surface area (Å²) in [6, 6.07) is 19.4. The average molecular weight is 620 g/mol. The molecule has 2 aliphatic heterocycles. The molecule has 1 aromatic heterocycles.